The number of rotatable bonds is 3. The van der Waals surface area contributed by atoms with E-state index in [1.54, 1.807) is 12.1 Å². The van der Waals surface area contributed by atoms with Crippen molar-refractivity contribution in [3.63, 3.8) is 0 Å². The number of aryl methyl sites for hydroxylation is 1. The Labute approximate surface area is 135 Å². The predicted molar refractivity (Wildman–Crippen MR) is 89.8 cm³/mol. The first-order valence-corrected chi connectivity index (χ1v) is 7.80. The Hall–Kier alpha value is -2.07. The van der Waals surface area contributed by atoms with Crippen LogP contribution in [0.2, 0.25) is 5.15 Å². The molecule has 1 saturated heterocycles. The smallest absolute Gasteiger partial charge is 0.257 e. The van der Waals surface area contributed by atoms with Gasteiger partial charge < -0.3 is 10.2 Å². The van der Waals surface area contributed by atoms with Crippen LogP contribution in [0.5, 0.6) is 0 Å². The fourth-order valence-electron chi connectivity index (χ4n) is 2.76. The highest BCUT2D eigenvalue weighted by atomic mass is 35.5. The minimum atomic E-state index is -0.183. The largest absolute Gasteiger partial charge is 0.371 e. The van der Waals surface area contributed by atoms with Crippen LogP contribution in [0.15, 0.2) is 36.5 Å². The van der Waals surface area contributed by atoms with Crippen molar-refractivity contribution in [1.29, 1.82) is 0 Å². The van der Waals surface area contributed by atoms with E-state index in [9.17, 15) is 4.79 Å². The molecular formula is C17H18ClN3O. The summed E-state index contributed by atoms with van der Waals surface area (Å²) in [5.74, 6) is -0.183. The maximum absolute atomic E-state index is 12.2. The minimum absolute atomic E-state index is 0.183. The van der Waals surface area contributed by atoms with Crippen molar-refractivity contribution in [2.24, 2.45) is 0 Å². The highest BCUT2D eigenvalue weighted by molar-refractivity contribution is 6.29. The number of carbonyl (C=O) groups excluding carboxylic acids is 1. The van der Waals surface area contributed by atoms with Gasteiger partial charge in [-0.25, -0.2) is 4.98 Å². The van der Waals surface area contributed by atoms with Crippen molar-refractivity contribution in [1.82, 2.24) is 4.98 Å². The molecule has 0 saturated carbocycles. The molecule has 1 aliphatic heterocycles. The van der Waals surface area contributed by atoms with E-state index in [-0.39, 0.29) is 5.91 Å². The van der Waals surface area contributed by atoms with Crippen LogP contribution in [-0.2, 0) is 0 Å². The summed E-state index contributed by atoms with van der Waals surface area (Å²) in [4.78, 5) is 18.5. The summed E-state index contributed by atoms with van der Waals surface area (Å²) >= 11 is 5.73. The van der Waals surface area contributed by atoms with Crippen LogP contribution in [0, 0.1) is 6.92 Å². The van der Waals surface area contributed by atoms with Crippen LogP contribution in [0.3, 0.4) is 0 Å². The molecule has 114 valence electrons. The first-order valence-electron chi connectivity index (χ1n) is 7.42. The number of hydrogen-bond acceptors (Lipinski definition) is 3. The van der Waals surface area contributed by atoms with E-state index in [1.165, 1.54) is 30.3 Å². The van der Waals surface area contributed by atoms with Gasteiger partial charge in [0.2, 0.25) is 0 Å². The predicted octanol–water partition coefficient (Wildman–Crippen LogP) is 3.90. The monoisotopic (exact) mass is 315 g/mol. The number of pyridine rings is 1. The third kappa shape index (κ3) is 3.22. The number of benzene rings is 1. The van der Waals surface area contributed by atoms with E-state index < -0.39 is 0 Å². The number of amides is 1. The molecule has 4 nitrogen and oxygen atoms in total. The number of nitrogens with zero attached hydrogens (tertiary/aromatic N) is 2. The molecule has 0 unspecified atom stereocenters. The summed E-state index contributed by atoms with van der Waals surface area (Å²) < 4.78 is 0. The van der Waals surface area contributed by atoms with Crippen LogP contribution in [0.25, 0.3) is 0 Å². The first kappa shape index (κ1) is 14.9. The summed E-state index contributed by atoms with van der Waals surface area (Å²) in [7, 11) is 0. The molecule has 1 aromatic heterocycles. The standard InChI is InChI=1S/C17H18ClN3O/c1-12-10-14(5-6-15(12)21-8-2-3-9-21)20-17(22)13-4-7-16(18)19-11-13/h4-7,10-11H,2-3,8-9H2,1H3,(H,20,22). The third-order valence-electron chi connectivity index (χ3n) is 3.89. The molecule has 1 fully saturated rings. The highest BCUT2D eigenvalue weighted by Gasteiger charge is 2.15. The van der Waals surface area contributed by atoms with Crippen LogP contribution in [0.1, 0.15) is 28.8 Å². The molecule has 1 amide bonds. The Morgan fingerprint density at radius 1 is 1.23 bits per heavy atom. The van der Waals surface area contributed by atoms with Gasteiger partial charge in [0.25, 0.3) is 5.91 Å². The highest BCUT2D eigenvalue weighted by Crippen LogP contribution is 2.26. The molecule has 1 aromatic carbocycles. The summed E-state index contributed by atoms with van der Waals surface area (Å²) in [6, 6.07) is 9.31. The molecule has 1 aliphatic rings. The van der Waals surface area contributed by atoms with Crippen molar-refractivity contribution in [3.05, 3.63) is 52.8 Å². The Morgan fingerprint density at radius 3 is 2.64 bits per heavy atom. The topological polar surface area (TPSA) is 45.2 Å². The zero-order valence-corrected chi connectivity index (χ0v) is 13.2. The maximum atomic E-state index is 12.2. The fraction of sp³-hybridized carbons (Fsp3) is 0.294. The Bertz CT molecular complexity index is 679. The molecule has 5 heteroatoms. The van der Waals surface area contributed by atoms with E-state index in [0.717, 1.165) is 18.8 Å². The summed E-state index contributed by atoms with van der Waals surface area (Å²) in [5, 5.41) is 3.27. The maximum Gasteiger partial charge on any atom is 0.257 e. The van der Waals surface area contributed by atoms with Crippen molar-refractivity contribution in [3.8, 4) is 0 Å². The van der Waals surface area contributed by atoms with Crippen LogP contribution in [0.4, 0.5) is 11.4 Å². The molecule has 1 N–H and O–H groups in total. The molecule has 0 radical (unpaired) electrons. The van der Waals surface area contributed by atoms with Gasteiger partial charge in [-0.1, -0.05) is 11.6 Å². The normalized spacial score (nSPS) is 14.2. The number of halogens is 1. The molecule has 2 heterocycles. The zero-order valence-electron chi connectivity index (χ0n) is 12.5. The number of hydrogen-bond donors (Lipinski definition) is 1. The second kappa shape index (κ2) is 6.36. The van der Waals surface area contributed by atoms with Crippen molar-refractivity contribution in [2.45, 2.75) is 19.8 Å². The van der Waals surface area contributed by atoms with Crippen molar-refractivity contribution < 1.29 is 4.79 Å². The molecule has 3 rings (SSSR count). The number of aromatic nitrogens is 1. The number of anilines is 2. The molecule has 2 aromatic rings. The van der Waals surface area contributed by atoms with E-state index >= 15 is 0 Å². The second-order valence-corrected chi connectivity index (χ2v) is 5.91. The van der Waals surface area contributed by atoms with Gasteiger partial charge in [-0.15, -0.1) is 0 Å². The van der Waals surface area contributed by atoms with E-state index in [2.05, 4.69) is 28.2 Å². The van der Waals surface area contributed by atoms with Crippen molar-refractivity contribution >= 4 is 28.9 Å². The summed E-state index contributed by atoms with van der Waals surface area (Å²) in [6.07, 6.45) is 3.98. The molecule has 0 aliphatic carbocycles. The van der Waals surface area contributed by atoms with Crippen LogP contribution < -0.4 is 10.2 Å². The van der Waals surface area contributed by atoms with Gasteiger partial charge in [-0.3, -0.25) is 4.79 Å². The van der Waals surface area contributed by atoms with E-state index in [0.29, 0.717) is 10.7 Å². The van der Waals surface area contributed by atoms with Crippen LogP contribution in [-0.4, -0.2) is 24.0 Å². The molecule has 22 heavy (non-hydrogen) atoms. The average Bonchev–Trinajstić information content (AvgIpc) is 3.02. The summed E-state index contributed by atoms with van der Waals surface area (Å²) in [5.41, 5.74) is 3.71. The van der Waals surface area contributed by atoms with Gasteiger partial charge in [-0.2, -0.15) is 0 Å². The SMILES string of the molecule is Cc1cc(NC(=O)c2ccc(Cl)nc2)ccc1N1CCCC1. The fourth-order valence-corrected chi connectivity index (χ4v) is 2.87. The Balaban J connectivity index is 1.73. The summed E-state index contributed by atoms with van der Waals surface area (Å²) in [6.45, 7) is 4.30. The molecule has 0 bridgehead atoms. The Kier molecular flexibility index (Phi) is 4.29. The third-order valence-corrected chi connectivity index (χ3v) is 4.11. The lowest BCUT2D eigenvalue weighted by atomic mass is 10.1. The second-order valence-electron chi connectivity index (χ2n) is 5.52. The lowest BCUT2D eigenvalue weighted by Crippen LogP contribution is -2.19. The van der Waals surface area contributed by atoms with Gasteiger partial charge in [0.1, 0.15) is 5.15 Å². The van der Waals surface area contributed by atoms with Gasteiger partial charge in [0, 0.05) is 30.7 Å². The molecular weight excluding hydrogens is 298 g/mol. The van der Waals surface area contributed by atoms with Crippen molar-refractivity contribution in [2.75, 3.05) is 23.3 Å². The quantitative estimate of drug-likeness (QED) is 0.874. The number of nitrogens with one attached hydrogen (secondary N) is 1. The molecule has 0 spiro atoms. The van der Waals surface area contributed by atoms with Gasteiger partial charge in [0.05, 0.1) is 5.56 Å². The zero-order chi connectivity index (χ0) is 15.5. The van der Waals surface area contributed by atoms with Crippen LogP contribution >= 0.6 is 11.6 Å². The van der Waals surface area contributed by atoms with Gasteiger partial charge >= 0.3 is 0 Å². The van der Waals surface area contributed by atoms with E-state index in [4.69, 9.17) is 11.6 Å². The van der Waals surface area contributed by atoms with Gasteiger partial charge in [-0.05, 0) is 55.7 Å². The van der Waals surface area contributed by atoms with E-state index in [1.807, 2.05) is 12.1 Å². The minimum Gasteiger partial charge on any atom is -0.371 e. The Morgan fingerprint density at radius 2 is 2.00 bits per heavy atom. The van der Waals surface area contributed by atoms with Gasteiger partial charge in [0.15, 0.2) is 0 Å². The average molecular weight is 316 g/mol. The first-order chi connectivity index (χ1) is 10.6. The lowest BCUT2D eigenvalue weighted by Gasteiger charge is -2.20. The number of carbonyl (C=O) groups is 1. The lowest BCUT2D eigenvalue weighted by molar-refractivity contribution is 0.102. The molecule has 0 atom stereocenters.